The quantitative estimate of drug-likeness (QED) is 0.491. The highest BCUT2D eigenvalue weighted by Gasteiger charge is 2.13. The molecule has 0 amide bonds. The fourth-order valence-electron chi connectivity index (χ4n) is 1.21. The van der Waals surface area contributed by atoms with Crippen molar-refractivity contribution in [2.24, 2.45) is 0 Å². The molecule has 0 bridgehead atoms. The lowest BCUT2D eigenvalue weighted by Crippen LogP contribution is -2.21. The zero-order valence-electron chi connectivity index (χ0n) is 9.29. The highest BCUT2D eigenvalue weighted by molar-refractivity contribution is 5.63. The summed E-state index contributed by atoms with van der Waals surface area (Å²) in [7, 11) is 1.56. The van der Waals surface area contributed by atoms with Gasteiger partial charge in [-0.2, -0.15) is 0 Å². The molecule has 1 aromatic rings. The average Bonchev–Trinajstić information content (AvgIpc) is 2.35. The van der Waals surface area contributed by atoms with E-state index in [9.17, 15) is 10.1 Å². The van der Waals surface area contributed by atoms with Gasteiger partial charge in [0.25, 0.3) is 5.69 Å². The summed E-state index contributed by atoms with van der Waals surface area (Å²) in [5.41, 5.74) is 0.272. The molecule has 0 saturated heterocycles. The van der Waals surface area contributed by atoms with Crippen LogP contribution in [0.2, 0.25) is 0 Å². The second-order valence-corrected chi connectivity index (χ2v) is 3.33. The molecule has 0 saturated carbocycles. The van der Waals surface area contributed by atoms with Crippen molar-refractivity contribution in [1.29, 1.82) is 0 Å². The molecular formula is C10H14N2O5. The molecule has 94 valence electrons. The van der Waals surface area contributed by atoms with Gasteiger partial charge in [-0.3, -0.25) is 10.1 Å². The molecule has 7 heteroatoms. The third-order valence-corrected chi connectivity index (χ3v) is 2.09. The average molecular weight is 242 g/mol. The summed E-state index contributed by atoms with van der Waals surface area (Å²) in [6, 6.07) is 4.21. The molecule has 1 atom stereocenters. The first-order valence-electron chi connectivity index (χ1n) is 4.96. The molecular weight excluding hydrogens is 228 g/mol. The van der Waals surface area contributed by atoms with Crippen molar-refractivity contribution in [3.8, 4) is 5.75 Å². The van der Waals surface area contributed by atoms with Crippen LogP contribution in [0.25, 0.3) is 0 Å². The molecule has 0 heterocycles. The van der Waals surface area contributed by atoms with Crippen molar-refractivity contribution in [3.63, 3.8) is 0 Å². The van der Waals surface area contributed by atoms with Crippen LogP contribution in [0.15, 0.2) is 18.2 Å². The standard InChI is InChI=1S/C10H14N2O5/c1-11-9-4-8(17-6-7(14)5-13)2-3-10(9)12(15)16/h2-4,7,11,13-14H,5-6H2,1H3. The van der Waals surface area contributed by atoms with Crippen molar-refractivity contribution in [1.82, 2.24) is 0 Å². The number of benzene rings is 1. The number of nitro benzene ring substituents is 1. The van der Waals surface area contributed by atoms with Gasteiger partial charge in [-0.15, -0.1) is 0 Å². The fourth-order valence-corrected chi connectivity index (χ4v) is 1.21. The third kappa shape index (κ3) is 3.58. The van der Waals surface area contributed by atoms with E-state index in [1.54, 1.807) is 7.05 Å². The number of nitrogens with one attached hydrogen (secondary N) is 1. The van der Waals surface area contributed by atoms with Crippen LogP contribution in [0.5, 0.6) is 5.75 Å². The van der Waals surface area contributed by atoms with Crippen molar-refractivity contribution in [2.75, 3.05) is 25.6 Å². The lowest BCUT2D eigenvalue weighted by Gasteiger charge is -2.11. The van der Waals surface area contributed by atoms with Crippen molar-refractivity contribution in [2.45, 2.75) is 6.10 Å². The Hall–Kier alpha value is -1.86. The van der Waals surface area contributed by atoms with E-state index in [1.807, 2.05) is 0 Å². The predicted molar refractivity (Wildman–Crippen MR) is 61.2 cm³/mol. The summed E-state index contributed by atoms with van der Waals surface area (Å²) in [4.78, 5) is 10.2. The lowest BCUT2D eigenvalue weighted by atomic mass is 10.2. The minimum atomic E-state index is -0.969. The molecule has 0 fully saturated rings. The Balaban J connectivity index is 2.79. The van der Waals surface area contributed by atoms with Crippen LogP contribution in [-0.2, 0) is 0 Å². The van der Waals surface area contributed by atoms with E-state index in [0.717, 1.165) is 0 Å². The van der Waals surface area contributed by atoms with Crippen LogP contribution in [0.3, 0.4) is 0 Å². The Morgan fingerprint density at radius 3 is 2.82 bits per heavy atom. The first-order chi connectivity index (χ1) is 8.08. The van der Waals surface area contributed by atoms with Gasteiger partial charge in [0.15, 0.2) is 0 Å². The molecule has 0 aromatic heterocycles. The molecule has 1 aromatic carbocycles. The summed E-state index contributed by atoms with van der Waals surface area (Å²) >= 11 is 0. The molecule has 0 radical (unpaired) electrons. The van der Waals surface area contributed by atoms with E-state index in [4.69, 9.17) is 14.9 Å². The van der Waals surface area contributed by atoms with Crippen molar-refractivity contribution in [3.05, 3.63) is 28.3 Å². The molecule has 1 unspecified atom stereocenters. The van der Waals surface area contributed by atoms with Crippen LogP contribution in [0, 0.1) is 10.1 Å². The predicted octanol–water partition coefficient (Wildman–Crippen LogP) is 0.368. The third-order valence-electron chi connectivity index (χ3n) is 2.09. The van der Waals surface area contributed by atoms with Crippen molar-refractivity contribution >= 4 is 11.4 Å². The van der Waals surface area contributed by atoms with E-state index >= 15 is 0 Å². The van der Waals surface area contributed by atoms with Crippen LogP contribution in [0.4, 0.5) is 11.4 Å². The molecule has 7 nitrogen and oxygen atoms in total. The lowest BCUT2D eigenvalue weighted by molar-refractivity contribution is -0.384. The fraction of sp³-hybridized carbons (Fsp3) is 0.400. The van der Waals surface area contributed by atoms with E-state index < -0.39 is 17.6 Å². The maximum Gasteiger partial charge on any atom is 0.292 e. The van der Waals surface area contributed by atoms with Gasteiger partial charge >= 0.3 is 0 Å². The topological polar surface area (TPSA) is 105 Å². The summed E-state index contributed by atoms with van der Waals surface area (Å²) in [5, 5.41) is 31.0. The number of hydrogen-bond donors (Lipinski definition) is 3. The number of aliphatic hydroxyl groups excluding tert-OH is 2. The van der Waals surface area contributed by atoms with Gasteiger partial charge in [-0.1, -0.05) is 0 Å². The number of nitrogens with zero attached hydrogens (tertiary/aromatic N) is 1. The van der Waals surface area contributed by atoms with Crippen LogP contribution in [-0.4, -0.2) is 41.5 Å². The molecule has 17 heavy (non-hydrogen) atoms. The maximum atomic E-state index is 10.7. The van der Waals surface area contributed by atoms with Gasteiger partial charge < -0.3 is 20.3 Å². The zero-order valence-corrected chi connectivity index (χ0v) is 9.29. The number of aliphatic hydroxyl groups is 2. The number of anilines is 1. The summed E-state index contributed by atoms with van der Waals surface area (Å²) in [6.07, 6.45) is -0.969. The van der Waals surface area contributed by atoms with Gasteiger partial charge in [0.05, 0.1) is 11.5 Å². The highest BCUT2D eigenvalue weighted by Crippen LogP contribution is 2.28. The van der Waals surface area contributed by atoms with Gasteiger partial charge in [0, 0.05) is 19.2 Å². The van der Waals surface area contributed by atoms with Gasteiger partial charge in [0.2, 0.25) is 0 Å². The summed E-state index contributed by atoms with van der Waals surface area (Å²) < 4.78 is 5.16. The first kappa shape index (κ1) is 13.2. The summed E-state index contributed by atoms with van der Waals surface area (Å²) in [6.45, 7) is -0.469. The highest BCUT2D eigenvalue weighted by atomic mass is 16.6. The Morgan fingerprint density at radius 1 is 1.59 bits per heavy atom. The minimum Gasteiger partial charge on any atom is -0.491 e. The minimum absolute atomic E-state index is 0.0532. The molecule has 0 aliphatic rings. The number of ether oxygens (including phenoxy) is 1. The van der Waals surface area contributed by atoms with Gasteiger partial charge in [0.1, 0.15) is 24.1 Å². The monoisotopic (exact) mass is 242 g/mol. The van der Waals surface area contributed by atoms with E-state index in [2.05, 4.69) is 5.32 Å². The molecule has 0 aliphatic heterocycles. The number of nitro groups is 1. The second kappa shape index (κ2) is 6.02. The Kier molecular flexibility index (Phi) is 4.68. The van der Waals surface area contributed by atoms with E-state index in [0.29, 0.717) is 11.4 Å². The maximum absolute atomic E-state index is 10.7. The van der Waals surface area contributed by atoms with Gasteiger partial charge in [-0.25, -0.2) is 0 Å². The Labute approximate surface area is 97.8 Å². The van der Waals surface area contributed by atoms with E-state index in [1.165, 1.54) is 18.2 Å². The zero-order chi connectivity index (χ0) is 12.8. The van der Waals surface area contributed by atoms with E-state index in [-0.39, 0.29) is 12.3 Å². The van der Waals surface area contributed by atoms with Crippen LogP contribution < -0.4 is 10.1 Å². The molecule has 0 aliphatic carbocycles. The van der Waals surface area contributed by atoms with Gasteiger partial charge in [-0.05, 0) is 6.07 Å². The Morgan fingerprint density at radius 2 is 2.29 bits per heavy atom. The van der Waals surface area contributed by atoms with Crippen molar-refractivity contribution < 1.29 is 19.9 Å². The van der Waals surface area contributed by atoms with Crippen LogP contribution in [0.1, 0.15) is 0 Å². The summed E-state index contributed by atoms with van der Waals surface area (Å²) in [5.74, 6) is 0.382. The molecule has 1 rings (SSSR count). The first-order valence-corrected chi connectivity index (χ1v) is 4.96. The molecule has 0 spiro atoms. The number of hydrogen-bond acceptors (Lipinski definition) is 6. The van der Waals surface area contributed by atoms with Crippen LogP contribution >= 0.6 is 0 Å². The smallest absolute Gasteiger partial charge is 0.292 e. The SMILES string of the molecule is CNc1cc(OCC(O)CO)ccc1[N+](=O)[O-]. The Bertz CT molecular complexity index is 396. The largest absolute Gasteiger partial charge is 0.491 e. The second-order valence-electron chi connectivity index (χ2n) is 3.33. The molecule has 3 N–H and O–H groups in total. The number of rotatable bonds is 6. The normalized spacial score (nSPS) is 11.9.